The molecule has 2 heteroatoms. The van der Waals surface area contributed by atoms with Crippen molar-refractivity contribution in [3.05, 3.63) is 41.9 Å². The average molecular weight is 275 g/mol. The summed E-state index contributed by atoms with van der Waals surface area (Å²) in [6, 6.07) is 0. The second-order valence-corrected chi connectivity index (χ2v) is 5.47. The van der Waals surface area contributed by atoms with Crippen LogP contribution in [0, 0.1) is 11.8 Å². The van der Waals surface area contributed by atoms with Gasteiger partial charge in [0.15, 0.2) is 5.76 Å². The van der Waals surface area contributed by atoms with Crippen LogP contribution in [0.3, 0.4) is 0 Å². The molecule has 0 bridgehead atoms. The standard InChI is InChI=1S/C18H27O2/c1-6-14(4)12-19-17-9-10-18(16(8-3)11-17)20-13-15(5)7-2/h8,10-11,14-15H,3,6-7,12-13H2,1-2,4-5H3/q+1. The van der Waals surface area contributed by atoms with Crippen molar-refractivity contribution < 1.29 is 9.16 Å². The third-order valence-electron chi connectivity index (χ3n) is 3.58. The Kier molecular flexibility index (Phi) is 7.11. The predicted octanol–water partition coefficient (Wildman–Crippen LogP) is 4.37. The summed E-state index contributed by atoms with van der Waals surface area (Å²) >= 11 is 0. The molecule has 0 aromatic heterocycles. The number of ether oxygens (including phenoxy) is 1. The molecule has 0 saturated carbocycles. The number of rotatable bonds is 8. The van der Waals surface area contributed by atoms with Gasteiger partial charge in [0.1, 0.15) is 0 Å². The monoisotopic (exact) mass is 275 g/mol. The summed E-state index contributed by atoms with van der Waals surface area (Å²) in [5.74, 6) is 2.69. The van der Waals surface area contributed by atoms with Crippen molar-refractivity contribution in [2.24, 2.45) is 11.8 Å². The van der Waals surface area contributed by atoms with Crippen LogP contribution >= 0.6 is 0 Å². The molecule has 1 aliphatic carbocycles. The lowest BCUT2D eigenvalue weighted by atomic mass is 10.1. The van der Waals surface area contributed by atoms with E-state index in [0.29, 0.717) is 11.8 Å². The van der Waals surface area contributed by atoms with Crippen molar-refractivity contribution >= 4 is 5.78 Å². The third-order valence-corrected chi connectivity index (χ3v) is 3.58. The van der Waals surface area contributed by atoms with Gasteiger partial charge in [-0.3, -0.25) is 4.42 Å². The molecule has 0 radical (unpaired) electrons. The smallest absolute Gasteiger partial charge is 0.358 e. The van der Waals surface area contributed by atoms with Crippen molar-refractivity contribution in [2.45, 2.75) is 40.5 Å². The lowest BCUT2D eigenvalue weighted by Gasteiger charge is -2.11. The van der Waals surface area contributed by atoms with Crippen LogP contribution in [-0.2, 0) is 9.16 Å². The summed E-state index contributed by atoms with van der Waals surface area (Å²) in [5.41, 5.74) is 4.10. The lowest BCUT2D eigenvalue weighted by molar-refractivity contribution is -0.464. The summed E-state index contributed by atoms with van der Waals surface area (Å²) in [6.07, 6.45) is 7.83. The second kappa shape index (κ2) is 8.60. The Bertz CT molecular complexity index is 448. The highest BCUT2D eigenvalue weighted by Crippen LogP contribution is 2.14. The van der Waals surface area contributed by atoms with Crippen LogP contribution in [0.2, 0.25) is 0 Å². The van der Waals surface area contributed by atoms with E-state index in [2.05, 4.69) is 40.0 Å². The van der Waals surface area contributed by atoms with Crippen LogP contribution < -0.4 is 0 Å². The van der Waals surface area contributed by atoms with Crippen LogP contribution in [0.1, 0.15) is 40.5 Å². The van der Waals surface area contributed by atoms with Gasteiger partial charge in [0, 0.05) is 12.0 Å². The second-order valence-electron chi connectivity index (χ2n) is 5.47. The van der Waals surface area contributed by atoms with E-state index >= 15 is 0 Å². The fourth-order valence-electron chi connectivity index (χ4n) is 1.54. The van der Waals surface area contributed by atoms with Crippen molar-refractivity contribution in [3.8, 4) is 0 Å². The van der Waals surface area contributed by atoms with E-state index in [9.17, 15) is 0 Å². The van der Waals surface area contributed by atoms with Gasteiger partial charge in [0.25, 0.3) is 6.61 Å². The average Bonchev–Trinajstić information content (AvgIpc) is 2.50. The van der Waals surface area contributed by atoms with Gasteiger partial charge in [-0.15, -0.1) is 0 Å². The largest absolute Gasteiger partial charge is 0.486 e. The van der Waals surface area contributed by atoms with E-state index in [1.807, 2.05) is 12.2 Å². The summed E-state index contributed by atoms with van der Waals surface area (Å²) < 4.78 is 11.6. The molecule has 2 atom stereocenters. The summed E-state index contributed by atoms with van der Waals surface area (Å²) in [4.78, 5) is 0. The topological polar surface area (TPSA) is 20.5 Å². The maximum atomic E-state index is 5.82. The maximum Gasteiger partial charge on any atom is 0.358 e. The molecule has 0 amide bonds. The first kappa shape index (κ1) is 16.5. The predicted molar refractivity (Wildman–Crippen MR) is 84.6 cm³/mol. The fourth-order valence-corrected chi connectivity index (χ4v) is 1.54. The van der Waals surface area contributed by atoms with Gasteiger partial charge in [-0.1, -0.05) is 52.5 Å². The van der Waals surface area contributed by atoms with Gasteiger partial charge in [-0.2, -0.15) is 0 Å². The van der Waals surface area contributed by atoms with Crippen LogP contribution in [0.5, 0.6) is 0 Å². The first-order chi connectivity index (χ1) is 9.60. The first-order valence-corrected chi connectivity index (χ1v) is 7.54. The minimum absolute atomic E-state index is 0.550. The number of allylic oxidation sites excluding steroid dienone is 3. The quantitative estimate of drug-likeness (QED) is 0.476. The summed E-state index contributed by atoms with van der Waals surface area (Å²) in [6.45, 7) is 14.0. The normalized spacial score (nSPS) is 19.3. The molecule has 0 heterocycles. The molecule has 1 rings (SSSR count). The Morgan fingerprint density at radius 3 is 2.60 bits per heavy atom. The molecule has 0 saturated heterocycles. The van der Waals surface area contributed by atoms with E-state index in [1.165, 1.54) is 0 Å². The molecule has 2 nitrogen and oxygen atoms in total. The number of hydrogen-bond acceptors (Lipinski definition) is 1. The van der Waals surface area contributed by atoms with E-state index < -0.39 is 0 Å². The zero-order valence-electron chi connectivity index (χ0n) is 13.2. The van der Waals surface area contributed by atoms with Crippen LogP contribution in [0.15, 0.2) is 41.9 Å². The number of ketones is 1. The molecule has 0 spiro atoms. The van der Waals surface area contributed by atoms with E-state index in [1.54, 1.807) is 6.08 Å². The van der Waals surface area contributed by atoms with Gasteiger partial charge in [-0.25, -0.2) is 0 Å². The highest BCUT2D eigenvalue weighted by molar-refractivity contribution is 6.07. The van der Waals surface area contributed by atoms with Crippen molar-refractivity contribution in [1.82, 2.24) is 0 Å². The van der Waals surface area contributed by atoms with Crippen LogP contribution in [0.4, 0.5) is 0 Å². The van der Waals surface area contributed by atoms with Crippen molar-refractivity contribution in [1.29, 1.82) is 0 Å². The van der Waals surface area contributed by atoms with Gasteiger partial charge in [0.05, 0.1) is 18.3 Å². The minimum atomic E-state index is 0.550. The van der Waals surface area contributed by atoms with Gasteiger partial charge >= 0.3 is 5.78 Å². The van der Waals surface area contributed by atoms with Crippen molar-refractivity contribution in [3.63, 3.8) is 0 Å². The number of hydrogen-bond donors (Lipinski definition) is 0. The SMILES string of the molecule is C=CC1=CC(OCC(C)CC)=C=CC1=[O+]CC(C)CC. The highest BCUT2D eigenvalue weighted by Gasteiger charge is 2.18. The Hall–Kier alpha value is -1.53. The third kappa shape index (κ3) is 5.22. The van der Waals surface area contributed by atoms with E-state index in [0.717, 1.165) is 43.2 Å². The molecular formula is C18H27O2+. The number of carbonyl (C=O) groups excluding carboxylic acids is 1. The molecule has 110 valence electrons. The molecule has 0 N–H and O–H groups in total. The molecule has 0 aromatic rings. The Morgan fingerprint density at radius 1 is 1.30 bits per heavy atom. The molecule has 1 aliphatic rings. The maximum absolute atomic E-state index is 5.82. The van der Waals surface area contributed by atoms with Crippen LogP contribution in [0.25, 0.3) is 0 Å². The molecule has 2 unspecified atom stereocenters. The lowest BCUT2D eigenvalue weighted by Crippen LogP contribution is -2.11. The molecule has 0 aromatic carbocycles. The summed E-state index contributed by atoms with van der Waals surface area (Å²) in [5, 5.41) is 0. The van der Waals surface area contributed by atoms with Gasteiger partial charge in [-0.05, 0) is 12.3 Å². The zero-order chi connectivity index (χ0) is 15.0. The Balaban J connectivity index is 2.75. The van der Waals surface area contributed by atoms with Crippen LogP contribution in [-0.4, -0.2) is 19.0 Å². The van der Waals surface area contributed by atoms with E-state index in [4.69, 9.17) is 9.16 Å². The zero-order valence-corrected chi connectivity index (χ0v) is 13.2. The minimum Gasteiger partial charge on any atom is -0.486 e. The Morgan fingerprint density at radius 2 is 2.00 bits per heavy atom. The molecule has 0 aliphatic heterocycles. The first-order valence-electron chi connectivity index (χ1n) is 7.54. The highest BCUT2D eigenvalue weighted by atomic mass is 16.5. The molecular weight excluding hydrogens is 248 g/mol. The van der Waals surface area contributed by atoms with Gasteiger partial charge in [0.2, 0.25) is 0 Å². The molecule has 0 fully saturated rings. The fraction of sp³-hybridized carbons (Fsp3) is 0.556. The van der Waals surface area contributed by atoms with Gasteiger partial charge < -0.3 is 4.74 Å². The molecule has 20 heavy (non-hydrogen) atoms. The van der Waals surface area contributed by atoms with E-state index in [-0.39, 0.29) is 0 Å². The summed E-state index contributed by atoms with van der Waals surface area (Å²) in [7, 11) is 0. The Labute approximate surface area is 123 Å². The van der Waals surface area contributed by atoms with Crippen molar-refractivity contribution in [2.75, 3.05) is 13.2 Å².